The summed E-state index contributed by atoms with van der Waals surface area (Å²) in [4.78, 5) is 36.4. The molecular formula is C27H30N2O6. The molecule has 2 fully saturated rings. The molecule has 0 aromatic heterocycles. The van der Waals surface area contributed by atoms with Crippen molar-refractivity contribution in [2.45, 2.75) is 43.7 Å². The number of fused-ring (bicyclic) bond motifs is 3. The van der Waals surface area contributed by atoms with Crippen LogP contribution in [-0.4, -0.2) is 55.0 Å². The number of rotatable bonds is 7. The first-order chi connectivity index (χ1) is 17.0. The van der Waals surface area contributed by atoms with Crippen LogP contribution in [0.5, 0.6) is 0 Å². The van der Waals surface area contributed by atoms with E-state index in [4.69, 9.17) is 9.47 Å². The summed E-state index contributed by atoms with van der Waals surface area (Å²) >= 11 is 0. The number of amides is 2. The van der Waals surface area contributed by atoms with E-state index >= 15 is 0 Å². The first-order valence-electron chi connectivity index (χ1n) is 12.2. The second kappa shape index (κ2) is 10.1. The molecule has 2 aliphatic carbocycles. The zero-order valence-corrected chi connectivity index (χ0v) is 19.4. The molecule has 8 heteroatoms. The van der Waals surface area contributed by atoms with Gasteiger partial charge in [-0.3, -0.25) is 4.79 Å². The van der Waals surface area contributed by atoms with Crippen molar-refractivity contribution in [1.82, 2.24) is 10.6 Å². The summed E-state index contributed by atoms with van der Waals surface area (Å²) in [5.41, 5.74) is 4.69. The summed E-state index contributed by atoms with van der Waals surface area (Å²) in [6.45, 7) is 0.939. The van der Waals surface area contributed by atoms with Gasteiger partial charge in [0.25, 0.3) is 0 Å². The molecule has 184 valence electrons. The number of ether oxygens (including phenoxy) is 2. The first-order valence-corrected chi connectivity index (χ1v) is 12.2. The van der Waals surface area contributed by atoms with Crippen LogP contribution in [0.15, 0.2) is 48.5 Å². The van der Waals surface area contributed by atoms with Crippen molar-refractivity contribution < 1.29 is 29.0 Å². The summed E-state index contributed by atoms with van der Waals surface area (Å²) < 4.78 is 10.9. The molecule has 0 radical (unpaired) electrons. The number of hydrogen-bond acceptors (Lipinski definition) is 5. The van der Waals surface area contributed by atoms with E-state index in [0.29, 0.717) is 32.3 Å². The van der Waals surface area contributed by atoms with Gasteiger partial charge < -0.3 is 25.2 Å². The predicted molar refractivity (Wildman–Crippen MR) is 128 cm³/mol. The lowest BCUT2D eigenvalue weighted by Gasteiger charge is -2.18. The molecule has 0 spiro atoms. The number of carbonyl (C=O) groups is 3. The Morgan fingerprint density at radius 3 is 2.34 bits per heavy atom. The molecular weight excluding hydrogens is 448 g/mol. The van der Waals surface area contributed by atoms with Gasteiger partial charge in [0.15, 0.2) is 6.10 Å². The lowest BCUT2D eigenvalue weighted by molar-refractivity contribution is -0.149. The maximum Gasteiger partial charge on any atom is 0.407 e. The lowest BCUT2D eigenvalue weighted by atomic mass is 9.98. The molecule has 3 aliphatic rings. The average Bonchev–Trinajstić information content (AvgIpc) is 3.59. The Kier molecular flexibility index (Phi) is 6.72. The SMILES string of the molecule is O=C(N[C@@H]1CC[C@H](C(=O)NC[C@@H]2CCO[C@@H]2C(=O)O)C1)OCC1c2ccccc2-c2ccccc21. The van der Waals surface area contributed by atoms with E-state index in [0.717, 1.165) is 11.1 Å². The molecule has 1 saturated heterocycles. The normalized spacial score (nSPS) is 25.0. The average molecular weight is 479 g/mol. The highest BCUT2D eigenvalue weighted by atomic mass is 16.5. The second-order valence-corrected chi connectivity index (χ2v) is 9.60. The Bertz CT molecular complexity index is 1070. The third kappa shape index (κ3) is 4.89. The number of alkyl carbamates (subject to hydrolysis) is 1. The van der Waals surface area contributed by atoms with Gasteiger partial charge >= 0.3 is 12.1 Å². The van der Waals surface area contributed by atoms with Crippen LogP contribution in [0.3, 0.4) is 0 Å². The van der Waals surface area contributed by atoms with Crippen molar-refractivity contribution in [3.8, 4) is 11.1 Å². The molecule has 2 aromatic carbocycles. The van der Waals surface area contributed by atoms with Crippen molar-refractivity contribution in [2.75, 3.05) is 19.8 Å². The van der Waals surface area contributed by atoms with Gasteiger partial charge in [-0.15, -0.1) is 0 Å². The molecule has 2 amide bonds. The van der Waals surface area contributed by atoms with Crippen molar-refractivity contribution in [2.24, 2.45) is 11.8 Å². The van der Waals surface area contributed by atoms with Gasteiger partial charge in [0.2, 0.25) is 5.91 Å². The molecule has 1 heterocycles. The molecule has 1 aliphatic heterocycles. The molecule has 35 heavy (non-hydrogen) atoms. The second-order valence-electron chi connectivity index (χ2n) is 9.60. The highest BCUT2D eigenvalue weighted by Gasteiger charge is 2.36. The molecule has 3 N–H and O–H groups in total. The first kappa shape index (κ1) is 23.4. The van der Waals surface area contributed by atoms with Crippen LogP contribution < -0.4 is 10.6 Å². The smallest absolute Gasteiger partial charge is 0.407 e. The summed E-state index contributed by atoms with van der Waals surface area (Å²) in [6.07, 6.45) is 1.20. The fraction of sp³-hybridized carbons (Fsp3) is 0.444. The summed E-state index contributed by atoms with van der Waals surface area (Å²) in [7, 11) is 0. The largest absolute Gasteiger partial charge is 0.479 e. The standard InChI is InChI=1S/C27H30N2O6/c30-25(28-14-17-11-12-34-24(17)26(31)32)16-9-10-18(13-16)29-27(33)35-15-23-21-7-3-1-5-19(21)20-6-2-4-8-22(20)23/h1-8,16-18,23-24H,9-15H2,(H,28,30)(H,29,33)(H,31,32)/t16-,17-,18+,24-/m0/s1. The van der Waals surface area contributed by atoms with Crippen molar-refractivity contribution in [3.63, 3.8) is 0 Å². The van der Waals surface area contributed by atoms with E-state index in [2.05, 4.69) is 34.9 Å². The van der Waals surface area contributed by atoms with Crippen LogP contribution in [0.4, 0.5) is 4.79 Å². The van der Waals surface area contributed by atoms with Crippen LogP contribution in [0.2, 0.25) is 0 Å². The van der Waals surface area contributed by atoms with Crippen LogP contribution in [0, 0.1) is 11.8 Å². The summed E-state index contributed by atoms with van der Waals surface area (Å²) in [6, 6.07) is 16.3. The van der Waals surface area contributed by atoms with Crippen LogP contribution in [0.25, 0.3) is 11.1 Å². The maximum atomic E-state index is 12.6. The van der Waals surface area contributed by atoms with Crippen LogP contribution >= 0.6 is 0 Å². The van der Waals surface area contributed by atoms with E-state index in [9.17, 15) is 19.5 Å². The van der Waals surface area contributed by atoms with E-state index in [1.165, 1.54) is 11.1 Å². The Labute approximate surface area is 204 Å². The van der Waals surface area contributed by atoms with Gasteiger partial charge in [-0.2, -0.15) is 0 Å². The van der Waals surface area contributed by atoms with E-state index in [-0.39, 0.29) is 42.9 Å². The van der Waals surface area contributed by atoms with Gasteiger partial charge in [-0.1, -0.05) is 48.5 Å². The number of carboxylic acids is 1. The zero-order valence-electron chi connectivity index (χ0n) is 19.4. The zero-order chi connectivity index (χ0) is 24.4. The minimum Gasteiger partial charge on any atom is -0.479 e. The van der Waals surface area contributed by atoms with E-state index in [1.807, 2.05) is 24.3 Å². The number of carbonyl (C=O) groups excluding carboxylic acids is 2. The van der Waals surface area contributed by atoms with Gasteiger partial charge in [0.05, 0.1) is 0 Å². The number of carboxylic acid groups (broad SMARTS) is 1. The Morgan fingerprint density at radius 2 is 1.66 bits per heavy atom. The summed E-state index contributed by atoms with van der Waals surface area (Å²) in [5.74, 6) is -1.51. The number of hydrogen-bond donors (Lipinski definition) is 3. The van der Waals surface area contributed by atoms with Crippen LogP contribution in [-0.2, 0) is 19.1 Å². The third-order valence-corrected chi connectivity index (χ3v) is 7.47. The van der Waals surface area contributed by atoms with Crippen LogP contribution in [0.1, 0.15) is 42.7 Å². The van der Waals surface area contributed by atoms with E-state index in [1.54, 1.807) is 0 Å². The molecule has 5 rings (SSSR count). The van der Waals surface area contributed by atoms with Gasteiger partial charge in [0, 0.05) is 36.9 Å². The maximum absolute atomic E-state index is 12.6. The molecule has 1 saturated carbocycles. The minimum absolute atomic E-state index is 0.00412. The van der Waals surface area contributed by atoms with Crippen molar-refractivity contribution in [1.29, 1.82) is 0 Å². The number of aliphatic carboxylic acids is 1. The molecule has 4 atom stereocenters. The highest BCUT2D eigenvalue weighted by Crippen LogP contribution is 2.44. The Hall–Kier alpha value is -3.39. The number of nitrogens with one attached hydrogen (secondary N) is 2. The number of benzene rings is 2. The fourth-order valence-corrected chi connectivity index (χ4v) is 5.65. The van der Waals surface area contributed by atoms with E-state index < -0.39 is 18.2 Å². The minimum atomic E-state index is -0.991. The monoisotopic (exact) mass is 478 g/mol. The fourth-order valence-electron chi connectivity index (χ4n) is 5.65. The van der Waals surface area contributed by atoms with Crippen molar-refractivity contribution >= 4 is 18.0 Å². The molecule has 8 nitrogen and oxygen atoms in total. The summed E-state index contributed by atoms with van der Waals surface area (Å²) in [5, 5.41) is 15.0. The predicted octanol–water partition coefficient (Wildman–Crippen LogP) is 3.30. The third-order valence-electron chi connectivity index (χ3n) is 7.47. The Morgan fingerprint density at radius 1 is 0.971 bits per heavy atom. The topological polar surface area (TPSA) is 114 Å². The molecule has 0 unspecified atom stereocenters. The Balaban J connectivity index is 1.09. The lowest BCUT2D eigenvalue weighted by Crippen LogP contribution is -2.39. The van der Waals surface area contributed by atoms with Gasteiger partial charge in [-0.05, 0) is 47.9 Å². The highest BCUT2D eigenvalue weighted by molar-refractivity contribution is 5.80. The van der Waals surface area contributed by atoms with Gasteiger partial charge in [0.1, 0.15) is 6.61 Å². The molecule has 0 bridgehead atoms. The van der Waals surface area contributed by atoms with Gasteiger partial charge in [-0.25, -0.2) is 9.59 Å². The van der Waals surface area contributed by atoms with Crippen molar-refractivity contribution in [3.05, 3.63) is 59.7 Å². The molecule has 2 aromatic rings. The quantitative estimate of drug-likeness (QED) is 0.563.